The van der Waals surface area contributed by atoms with Gasteiger partial charge in [0.2, 0.25) is 0 Å². The number of carbonyl (C=O) groups is 1. The van der Waals surface area contributed by atoms with Crippen LogP contribution in [-0.4, -0.2) is 5.91 Å². The molecule has 0 spiro atoms. The SMILES string of the molecule is CCCCC1Cc2ccc(NC(=O)c3ccccc3-c3ccc(C(F)(F)F)cc3)cc2C1. The molecule has 0 aromatic heterocycles. The Kier molecular flexibility index (Phi) is 6.35. The number of benzene rings is 3. The van der Waals surface area contributed by atoms with Crippen molar-refractivity contribution in [3.05, 3.63) is 89.0 Å². The van der Waals surface area contributed by atoms with Gasteiger partial charge >= 0.3 is 6.18 Å². The summed E-state index contributed by atoms with van der Waals surface area (Å²) in [7, 11) is 0. The minimum Gasteiger partial charge on any atom is -0.322 e. The van der Waals surface area contributed by atoms with Gasteiger partial charge in [-0.1, -0.05) is 56.2 Å². The van der Waals surface area contributed by atoms with E-state index in [0.29, 0.717) is 22.6 Å². The van der Waals surface area contributed by atoms with E-state index in [0.717, 1.165) is 30.7 Å². The van der Waals surface area contributed by atoms with Gasteiger partial charge in [-0.15, -0.1) is 0 Å². The van der Waals surface area contributed by atoms with Crippen molar-refractivity contribution in [3.63, 3.8) is 0 Å². The van der Waals surface area contributed by atoms with E-state index in [4.69, 9.17) is 0 Å². The molecule has 0 aliphatic heterocycles. The van der Waals surface area contributed by atoms with E-state index in [1.807, 2.05) is 6.07 Å². The smallest absolute Gasteiger partial charge is 0.322 e. The Hall–Kier alpha value is -3.08. The second kappa shape index (κ2) is 9.19. The van der Waals surface area contributed by atoms with Gasteiger partial charge in [-0.2, -0.15) is 13.2 Å². The average molecular weight is 438 g/mol. The fourth-order valence-corrected chi connectivity index (χ4v) is 4.45. The minimum atomic E-state index is -4.39. The zero-order chi connectivity index (χ0) is 22.7. The first-order valence-corrected chi connectivity index (χ1v) is 11.0. The van der Waals surface area contributed by atoms with Crippen LogP contribution in [0.1, 0.15) is 53.2 Å². The summed E-state index contributed by atoms with van der Waals surface area (Å²) < 4.78 is 38.7. The van der Waals surface area contributed by atoms with E-state index >= 15 is 0 Å². The van der Waals surface area contributed by atoms with E-state index in [1.165, 1.54) is 42.5 Å². The van der Waals surface area contributed by atoms with Gasteiger partial charge in [0.25, 0.3) is 5.91 Å². The highest BCUT2D eigenvalue weighted by atomic mass is 19.4. The first-order valence-electron chi connectivity index (χ1n) is 11.0. The third-order valence-electron chi connectivity index (χ3n) is 6.14. The molecule has 32 heavy (non-hydrogen) atoms. The Morgan fingerprint density at radius 1 is 0.969 bits per heavy atom. The number of nitrogens with one attached hydrogen (secondary N) is 1. The lowest BCUT2D eigenvalue weighted by Crippen LogP contribution is -2.13. The van der Waals surface area contributed by atoms with Crippen LogP contribution in [0.4, 0.5) is 18.9 Å². The quantitative estimate of drug-likeness (QED) is 0.424. The first-order chi connectivity index (χ1) is 15.3. The number of rotatable bonds is 6. The predicted octanol–water partition coefficient (Wildman–Crippen LogP) is 7.53. The summed E-state index contributed by atoms with van der Waals surface area (Å²) in [6, 6.07) is 17.9. The van der Waals surface area contributed by atoms with Crippen molar-refractivity contribution in [1.82, 2.24) is 0 Å². The molecule has 1 atom stereocenters. The molecule has 0 saturated carbocycles. The normalized spacial score (nSPS) is 15.4. The molecule has 166 valence electrons. The maximum Gasteiger partial charge on any atom is 0.416 e. The van der Waals surface area contributed by atoms with Crippen LogP contribution >= 0.6 is 0 Å². The molecule has 0 radical (unpaired) electrons. The summed E-state index contributed by atoms with van der Waals surface area (Å²) in [4.78, 5) is 13.0. The summed E-state index contributed by atoms with van der Waals surface area (Å²) >= 11 is 0. The van der Waals surface area contributed by atoms with E-state index in [1.54, 1.807) is 24.3 Å². The van der Waals surface area contributed by atoms with Gasteiger partial charge in [0.1, 0.15) is 0 Å². The summed E-state index contributed by atoms with van der Waals surface area (Å²) in [5.41, 5.74) is 4.27. The number of unbranched alkanes of at least 4 members (excludes halogenated alkanes) is 1. The number of fused-ring (bicyclic) bond motifs is 1. The highest BCUT2D eigenvalue weighted by Crippen LogP contribution is 2.33. The summed E-state index contributed by atoms with van der Waals surface area (Å²) in [5.74, 6) is 0.400. The number of anilines is 1. The Labute approximate surface area is 186 Å². The molecule has 3 aromatic carbocycles. The van der Waals surface area contributed by atoms with Crippen LogP contribution in [0.25, 0.3) is 11.1 Å². The van der Waals surface area contributed by atoms with Crippen molar-refractivity contribution in [1.29, 1.82) is 0 Å². The van der Waals surface area contributed by atoms with E-state index in [2.05, 4.69) is 24.4 Å². The molecule has 4 rings (SSSR count). The fourth-order valence-electron chi connectivity index (χ4n) is 4.45. The maximum absolute atomic E-state index is 13.0. The number of hydrogen-bond acceptors (Lipinski definition) is 1. The molecule has 0 bridgehead atoms. The third kappa shape index (κ3) is 4.87. The fraction of sp³-hybridized carbons (Fsp3) is 0.296. The van der Waals surface area contributed by atoms with Crippen LogP contribution in [0.5, 0.6) is 0 Å². The number of carbonyl (C=O) groups excluding carboxylic acids is 1. The predicted molar refractivity (Wildman–Crippen MR) is 122 cm³/mol. The van der Waals surface area contributed by atoms with Crippen LogP contribution < -0.4 is 5.32 Å². The summed E-state index contributed by atoms with van der Waals surface area (Å²) in [5, 5.41) is 2.97. The van der Waals surface area contributed by atoms with Crippen LogP contribution in [0, 0.1) is 5.92 Å². The number of hydrogen-bond donors (Lipinski definition) is 1. The zero-order valence-electron chi connectivity index (χ0n) is 18.0. The van der Waals surface area contributed by atoms with Crippen molar-refractivity contribution in [2.45, 2.75) is 45.2 Å². The van der Waals surface area contributed by atoms with Gasteiger partial charge < -0.3 is 5.32 Å². The molecule has 3 aromatic rings. The van der Waals surface area contributed by atoms with E-state index in [9.17, 15) is 18.0 Å². The molecule has 2 nitrogen and oxygen atoms in total. The standard InChI is InChI=1S/C27H26F3NO/c1-2-3-6-18-15-20-11-14-23(17-21(20)16-18)31-26(32)25-8-5-4-7-24(25)19-9-12-22(13-10-19)27(28,29)30/h4-5,7-14,17-18H,2-3,6,15-16H2,1H3,(H,31,32). The maximum atomic E-state index is 13.0. The van der Waals surface area contributed by atoms with E-state index < -0.39 is 11.7 Å². The van der Waals surface area contributed by atoms with Gasteiger partial charge in [-0.05, 0) is 77.8 Å². The third-order valence-corrected chi connectivity index (χ3v) is 6.14. The number of alkyl halides is 3. The average Bonchev–Trinajstić information content (AvgIpc) is 3.19. The summed E-state index contributed by atoms with van der Waals surface area (Å²) in [6.07, 6.45) is 1.42. The van der Waals surface area contributed by atoms with Crippen LogP contribution in [-0.2, 0) is 19.0 Å². The lowest BCUT2D eigenvalue weighted by atomic mass is 9.98. The van der Waals surface area contributed by atoms with Crippen molar-refractivity contribution < 1.29 is 18.0 Å². The van der Waals surface area contributed by atoms with Crippen LogP contribution in [0.15, 0.2) is 66.7 Å². The first kappa shape index (κ1) is 22.1. The van der Waals surface area contributed by atoms with Gasteiger partial charge in [-0.3, -0.25) is 4.79 Å². The van der Waals surface area contributed by atoms with Crippen LogP contribution in [0.3, 0.4) is 0 Å². The van der Waals surface area contributed by atoms with Gasteiger partial charge in [0.15, 0.2) is 0 Å². The molecule has 1 unspecified atom stereocenters. The molecular formula is C27H26F3NO. The lowest BCUT2D eigenvalue weighted by molar-refractivity contribution is -0.137. The van der Waals surface area contributed by atoms with Gasteiger partial charge in [0, 0.05) is 11.3 Å². The van der Waals surface area contributed by atoms with Gasteiger partial charge in [-0.25, -0.2) is 0 Å². The second-order valence-electron chi connectivity index (χ2n) is 8.47. The molecule has 1 aliphatic carbocycles. The van der Waals surface area contributed by atoms with Crippen molar-refractivity contribution in [3.8, 4) is 11.1 Å². The van der Waals surface area contributed by atoms with Crippen LogP contribution in [0.2, 0.25) is 0 Å². The lowest BCUT2D eigenvalue weighted by Gasteiger charge is -2.12. The Balaban J connectivity index is 1.52. The molecule has 0 saturated heterocycles. The topological polar surface area (TPSA) is 29.1 Å². The highest BCUT2D eigenvalue weighted by molar-refractivity contribution is 6.08. The summed E-state index contributed by atoms with van der Waals surface area (Å²) in [6.45, 7) is 2.21. The second-order valence-corrected chi connectivity index (χ2v) is 8.47. The van der Waals surface area contributed by atoms with Gasteiger partial charge in [0.05, 0.1) is 5.56 Å². The molecule has 5 heteroatoms. The zero-order valence-corrected chi connectivity index (χ0v) is 18.0. The van der Waals surface area contributed by atoms with Crippen molar-refractivity contribution >= 4 is 11.6 Å². The molecule has 1 N–H and O–H groups in total. The molecule has 1 amide bonds. The monoisotopic (exact) mass is 437 g/mol. The molecule has 0 heterocycles. The van der Waals surface area contributed by atoms with E-state index in [-0.39, 0.29) is 5.91 Å². The number of amides is 1. The molecule has 1 aliphatic rings. The molecule has 0 fully saturated rings. The molecular weight excluding hydrogens is 411 g/mol. The minimum absolute atomic E-state index is 0.277. The highest BCUT2D eigenvalue weighted by Gasteiger charge is 2.30. The van der Waals surface area contributed by atoms with Crippen molar-refractivity contribution in [2.24, 2.45) is 5.92 Å². The Morgan fingerprint density at radius 3 is 2.41 bits per heavy atom. The van der Waals surface area contributed by atoms with Crippen molar-refractivity contribution in [2.75, 3.05) is 5.32 Å². The number of halogens is 3. The Morgan fingerprint density at radius 2 is 1.69 bits per heavy atom. The Bertz CT molecular complexity index is 1100. The largest absolute Gasteiger partial charge is 0.416 e.